The first-order valence-electron chi connectivity index (χ1n) is 3.94. The van der Waals surface area contributed by atoms with Crippen LogP contribution in [0.3, 0.4) is 0 Å². The molecule has 0 spiro atoms. The monoisotopic (exact) mass is 150 g/mol. The first-order chi connectivity index (χ1) is 5.40. The Labute approximate surface area is 66.0 Å². The van der Waals surface area contributed by atoms with Crippen LogP contribution in [0.25, 0.3) is 0 Å². The van der Waals surface area contributed by atoms with Crippen molar-refractivity contribution in [2.75, 3.05) is 6.54 Å². The van der Waals surface area contributed by atoms with Crippen molar-refractivity contribution >= 4 is 0 Å². The molecule has 1 atom stereocenters. The Morgan fingerprint density at radius 2 is 2.27 bits per heavy atom. The van der Waals surface area contributed by atoms with Crippen LogP contribution in [-0.2, 0) is 6.42 Å². The summed E-state index contributed by atoms with van der Waals surface area (Å²) in [6, 6.07) is 8.19. The van der Waals surface area contributed by atoms with Gasteiger partial charge in [0.15, 0.2) is 6.10 Å². The van der Waals surface area contributed by atoms with E-state index in [2.05, 4.69) is 11.8 Å². The fourth-order valence-corrected chi connectivity index (χ4v) is 1.41. The Hall–Kier alpha value is -1.02. The van der Waals surface area contributed by atoms with Crippen molar-refractivity contribution in [2.45, 2.75) is 12.5 Å². The van der Waals surface area contributed by atoms with Gasteiger partial charge in [-0.1, -0.05) is 18.2 Å². The molecule has 1 aromatic carbocycles. The average Bonchev–Trinajstić information content (AvgIpc) is 2.46. The lowest BCUT2D eigenvalue weighted by Crippen LogP contribution is -2.56. The maximum Gasteiger partial charge on any atom is 0.151 e. The van der Waals surface area contributed by atoms with E-state index in [0.29, 0.717) is 6.10 Å². The van der Waals surface area contributed by atoms with Gasteiger partial charge < -0.3 is 10.5 Å². The molecular formula is C9H12NO+. The number of ether oxygens (including phenoxy) is 1. The third-order valence-corrected chi connectivity index (χ3v) is 2.04. The largest absolute Gasteiger partial charge is 0.484 e. The van der Waals surface area contributed by atoms with Crippen LogP contribution in [0.4, 0.5) is 0 Å². The Kier molecular flexibility index (Phi) is 1.55. The Balaban J connectivity index is 2.27. The molecule has 0 radical (unpaired) electrons. The Morgan fingerprint density at radius 3 is 3.00 bits per heavy atom. The molecule has 0 saturated heterocycles. The fourth-order valence-electron chi connectivity index (χ4n) is 1.41. The van der Waals surface area contributed by atoms with Gasteiger partial charge in [-0.25, -0.2) is 0 Å². The van der Waals surface area contributed by atoms with E-state index in [4.69, 9.17) is 4.74 Å². The van der Waals surface area contributed by atoms with Crippen LogP contribution in [0, 0.1) is 0 Å². The minimum absolute atomic E-state index is 0.312. The summed E-state index contributed by atoms with van der Waals surface area (Å²) >= 11 is 0. The van der Waals surface area contributed by atoms with Crippen molar-refractivity contribution in [1.82, 2.24) is 0 Å². The van der Waals surface area contributed by atoms with E-state index in [1.54, 1.807) is 0 Å². The fraction of sp³-hybridized carbons (Fsp3) is 0.333. The van der Waals surface area contributed by atoms with E-state index < -0.39 is 0 Å². The van der Waals surface area contributed by atoms with Gasteiger partial charge in [0, 0.05) is 6.42 Å². The zero-order chi connectivity index (χ0) is 7.68. The summed E-state index contributed by atoms with van der Waals surface area (Å²) in [6.07, 6.45) is 1.34. The summed E-state index contributed by atoms with van der Waals surface area (Å²) < 4.78 is 5.59. The van der Waals surface area contributed by atoms with Crippen molar-refractivity contribution in [1.29, 1.82) is 0 Å². The topological polar surface area (TPSA) is 36.9 Å². The highest BCUT2D eigenvalue weighted by molar-refractivity contribution is 5.37. The number of rotatable bonds is 1. The van der Waals surface area contributed by atoms with E-state index >= 15 is 0 Å². The molecule has 1 aliphatic rings. The molecule has 0 aliphatic carbocycles. The molecule has 0 amide bonds. The summed E-state index contributed by atoms with van der Waals surface area (Å²) in [6.45, 7) is 0.856. The number of benzene rings is 1. The summed E-state index contributed by atoms with van der Waals surface area (Å²) in [7, 11) is 0. The molecule has 0 fully saturated rings. The minimum Gasteiger partial charge on any atom is -0.484 e. The minimum atomic E-state index is 0.312. The number of fused-ring (bicyclic) bond motifs is 1. The Bertz CT molecular complexity index is 234. The Morgan fingerprint density at radius 1 is 1.45 bits per heavy atom. The van der Waals surface area contributed by atoms with Gasteiger partial charge in [-0.2, -0.15) is 0 Å². The molecule has 3 N–H and O–H groups in total. The molecule has 1 aromatic rings. The molecule has 0 bridgehead atoms. The lowest BCUT2D eigenvalue weighted by atomic mass is 10.1. The van der Waals surface area contributed by atoms with Gasteiger partial charge in [-0.3, -0.25) is 0 Å². The summed E-state index contributed by atoms with van der Waals surface area (Å²) in [5, 5.41) is 0. The zero-order valence-electron chi connectivity index (χ0n) is 6.42. The van der Waals surface area contributed by atoms with Crippen molar-refractivity contribution in [3.63, 3.8) is 0 Å². The quantitative estimate of drug-likeness (QED) is 0.611. The van der Waals surface area contributed by atoms with Crippen LogP contribution < -0.4 is 10.5 Å². The average molecular weight is 150 g/mol. The molecule has 58 valence electrons. The van der Waals surface area contributed by atoms with Crippen LogP contribution in [0.2, 0.25) is 0 Å². The molecule has 2 rings (SSSR count). The van der Waals surface area contributed by atoms with Gasteiger partial charge in [-0.15, -0.1) is 0 Å². The van der Waals surface area contributed by atoms with E-state index in [1.807, 2.05) is 18.2 Å². The second-order valence-corrected chi connectivity index (χ2v) is 2.84. The lowest BCUT2D eigenvalue weighted by molar-refractivity contribution is -0.380. The molecule has 2 nitrogen and oxygen atoms in total. The second-order valence-electron chi connectivity index (χ2n) is 2.84. The number of hydrogen-bond acceptors (Lipinski definition) is 1. The second kappa shape index (κ2) is 2.55. The molecule has 0 saturated carbocycles. The molecular weight excluding hydrogens is 138 g/mol. The van der Waals surface area contributed by atoms with Crippen LogP contribution in [0.5, 0.6) is 5.75 Å². The predicted octanol–water partition coefficient (Wildman–Crippen LogP) is 0.232. The molecule has 11 heavy (non-hydrogen) atoms. The van der Waals surface area contributed by atoms with Crippen LogP contribution in [0.15, 0.2) is 24.3 Å². The highest BCUT2D eigenvalue weighted by Gasteiger charge is 2.21. The van der Waals surface area contributed by atoms with Gasteiger partial charge in [-0.05, 0) is 11.6 Å². The van der Waals surface area contributed by atoms with Crippen molar-refractivity contribution < 1.29 is 10.5 Å². The first-order valence-corrected chi connectivity index (χ1v) is 3.94. The zero-order valence-corrected chi connectivity index (χ0v) is 6.42. The molecule has 2 heteroatoms. The van der Waals surface area contributed by atoms with Gasteiger partial charge >= 0.3 is 0 Å². The van der Waals surface area contributed by atoms with Crippen molar-refractivity contribution in [3.8, 4) is 5.75 Å². The first kappa shape index (κ1) is 6.68. The highest BCUT2D eigenvalue weighted by atomic mass is 16.5. The third kappa shape index (κ3) is 1.10. The van der Waals surface area contributed by atoms with E-state index in [0.717, 1.165) is 18.7 Å². The molecule has 0 unspecified atom stereocenters. The number of hydrogen-bond donors (Lipinski definition) is 1. The number of quaternary nitrogens is 1. The van der Waals surface area contributed by atoms with E-state index in [-0.39, 0.29) is 0 Å². The van der Waals surface area contributed by atoms with E-state index in [9.17, 15) is 0 Å². The van der Waals surface area contributed by atoms with Gasteiger partial charge in [0.2, 0.25) is 0 Å². The van der Waals surface area contributed by atoms with Crippen LogP contribution in [0.1, 0.15) is 5.56 Å². The highest BCUT2D eigenvalue weighted by Crippen LogP contribution is 2.27. The van der Waals surface area contributed by atoms with Crippen molar-refractivity contribution in [3.05, 3.63) is 29.8 Å². The number of para-hydroxylation sites is 1. The predicted molar refractivity (Wildman–Crippen MR) is 42.3 cm³/mol. The van der Waals surface area contributed by atoms with Crippen LogP contribution >= 0.6 is 0 Å². The van der Waals surface area contributed by atoms with Gasteiger partial charge in [0.1, 0.15) is 12.3 Å². The third-order valence-electron chi connectivity index (χ3n) is 2.04. The smallest absolute Gasteiger partial charge is 0.151 e. The maximum absolute atomic E-state index is 5.59. The molecule has 1 heterocycles. The molecule has 1 aliphatic heterocycles. The van der Waals surface area contributed by atoms with Gasteiger partial charge in [0.05, 0.1) is 0 Å². The van der Waals surface area contributed by atoms with Gasteiger partial charge in [0.25, 0.3) is 0 Å². The summed E-state index contributed by atoms with van der Waals surface area (Å²) in [5.74, 6) is 1.04. The lowest BCUT2D eigenvalue weighted by Gasteiger charge is -2.03. The standard InChI is InChI=1S/C9H11NO/c10-6-8-5-7-3-1-2-4-9(7)11-8/h1-4,8H,5-6,10H2/p+1/t8-/m1/s1. The summed E-state index contributed by atoms with van der Waals surface area (Å²) in [4.78, 5) is 0. The SMILES string of the molecule is [NH3+]C[C@H]1Cc2ccccc2O1. The normalized spacial score (nSPS) is 21.0. The van der Waals surface area contributed by atoms with Crippen LogP contribution in [-0.4, -0.2) is 12.6 Å². The maximum atomic E-state index is 5.59. The summed E-state index contributed by atoms with van der Waals surface area (Å²) in [5.41, 5.74) is 5.15. The van der Waals surface area contributed by atoms with Crippen molar-refractivity contribution in [2.24, 2.45) is 0 Å². The molecule has 0 aromatic heterocycles. The van der Waals surface area contributed by atoms with E-state index in [1.165, 1.54) is 5.56 Å².